The summed E-state index contributed by atoms with van der Waals surface area (Å²) in [6, 6.07) is 10.2. The monoisotopic (exact) mass is 232 g/mol. The van der Waals surface area contributed by atoms with Crippen LogP contribution in [-0.2, 0) is 4.79 Å². The maximum Gasteiger partial charge on any atom is 0.237 e. The lowest BCUT2D eigenvalue weighted by molar-refractivity contribution is -0.125. The average Bonchev–Trinajstić information content (AvgIpc) is 2.32. The highest BCUT2D eigenvalue weighted by Gasteiger charge is 2.28. The largest absolute Gasteiger partial charge is 0.347 e. The quantitative estimate of drug-likeness (QED) is 0.835. The molecule has 2 unspecified atom stereocenters. The van der Waals surface area contributed by atoms with E-state index in [1.165, 1.54) is 0 Å². The van der Waals surface area contributed by atoms with Crippen molar-refractivity contribution in [2.24, 2.45) is 5.92 Å². The summed E-state index contributed by atoms with van der Waals surface area (Å²) in [4.78, 5) is 11.9. The Bertz CT molecular complexity index is 375. The van der Waals surface area contributed by atoms with E-state index in [4.69, 9.17) is 0 Å². The zero-order chi connectivity index (χ0) is 12.3. The summed E-state index contributed by atoms with van der Waals surface area (Å²) in [7, 11) is 0. The van der Waals surface area contributed by atoms with Crippen LogP contribution >= 0.6 is 0 Å². The SMILES string of the molecule is CC(C)CC1NCC(c2ccccc2)NC1=O. The van der Waals surface area contributed by atoms with E-state index >= 15 is 0 Å². The molecule has 1 aromatic carbocycles. The molecule has 1 amide bonds. The second-order valence-corrected chi connectivity index (χ2v) is 5.06. The van der Waals surface area contributed by atoms with Gasteiger partial charge < -0.3 is 10.6 Å². The van der Waals surface area contributed by atoms with Gasteiger partial charge in [0.15, 0.2) is 0 Å². The molecule has 2 N–H and O–H groups in total. The van der Waals surface area contributed by atoms with Crippen LogP contribution in [0.5, 0.6) is 0 Å². The first-order chi connectivity index (χ1) is 8.16. The molecular formula is C14H20N2O. The van der Waals surface area contributed by atoms with E-state index in [2.05, 4.69) is 36.6 Å². The summed E-state index contributed by atoms with van der Waals surface area (Å²) in [5, 5.41) is 6.42. The van der Waals surface area contributed by atoms with Crippen molar-refractivity contribution >= 4 is 5.91 Å². The summed E-state index contributed by atoms with van der Waals surface area (Å²) in [5.74, 6) is 0.658. The van der Waals surface area contributed by atoms with Crippen LogP contribution in [0.1, 0.15) is 31.9 Å². The van der Waals surface area contributed by atoms with Crippen molar-refractivity contribution < 1.29 is 4.79 Å². The third-order valence-corrected chi connectivity index (χ3v) is 3.11. The summed E-state index contributed by atoms with van der Waals surface area (Å²) in [6.45, 7) is 5.09. The molecule has 1 heterocycles. The fourth-order valence-corrected chi connectivity index (χ4v) is 2.22. The molecule has 1 saturated heterocycles. The van der Waals surface area contributed by atoms with Gasteiger partial charge in [-0.05, 0) is 17.9 Å². The number of hydrogen-bond acceptors (Lipinski definition) is 2. The number of rotatable bonds is 3. The van der Waals surface area contributed by atoms with E-state index in [9.17, 15) is 4.79 Å². The minimum Gasteiger partial charge on any atom is -0.347 e. The van der Waals surface area contributed by atoms with Crippen LogP contribution in [0.3, 0.4) is 0 Å². The number of amides is 1. The van der Waals surface area contributed by atoms with Crippen LogP contribution in [0.25, 0.3) is 0 Å². The average molecular weight is 232 g/mol. The molecule has 92 valence electrons. The number of carbonyl (C=O) groups excluding carboxylic acids is 1. The highest BCUT2D eigenvalue weighted by molar-refractivity contribution is 5.83. The highest BCUT2D eigenvalue weighted by Crippen LogP contribution is 2.17. The van der Waals surface area contributed by atoms with E-state index in [0.717, 1.165) is 18.5 Å². The van der Waals surface area contributed by atoms with E-state index in [1.54, 1.807) is 0 Å². The lowest BCUT2D eigenvalue weighted by Gasteiger charge is -2.31. The fourth-order valence-electron chi connectivity index (χ4n) is 2.22. The molecular weight excluding hydrogens is 212 g/mol. The molecule has 17 heavy (non-hydrogen) atoms. The summed E-state index contributed by atoms with van der Waals surface area (Å²) < 4.78 is 0. The number of piperazine rings is 1. The molecule has 3 nitrogen and oxygen atoms in total. The normalized spacial score (nSPS) is 24.8. The first-order valence-electron chi connectivity index (χ1n) is 6.25. The number of carbonyl (C=O) groups is 1. The molecule has 2 atom stereocenters. The third kappa shape index (κ3) is 3.07. The summed E-state index contributed by atoms with van der Waals surface area (Å²) in [5.41, 5.74) is 1.16. The van der Waals surface area contributed by atoms with Crippen LogP contribution in [0, 0.1) is 5.92 Å². The second kappa shape index (κ2) is 5.32. The zero-order valence-corrected chi connectivity index (χ0v) is 10.4. The van der Waals surface area contributed by atoms with E-state index in [-0.39, 0.29) is 18.0 Å². The Morgan fingerprint density at radius 1 is 1.29 bits per heavy atom. The van der Waals surface area contributed by atoms with Gasteiger partial charge in [-0.3, -0.25) is 4.79 Å². The van der Waals surface area contributed by atoms with Crippen LogP contribution in [0.2, 0.25) is 0 Å². The predicted octanol–water partition coefficient (Wildman–Crippen LogP) is 1.86. The van der Waals surface area contributed by atoms with Gasteiger partial charge in [0, 0.05) is 6.54 Å². The van der Waals surface area contributed by atoms with Gasteiger partial charge in [-0.2, -0.15) is 0 Å². The Balaban J connectivity index is 1.98. The van der Waals surface area contributed by atoms with Crippen LogP contribution < -0.4 is 10.6 Å². The molecule has 1 aliphatic rings. The van der Waals surface area contributed by atoms with Gasteiger partial charge >= 0.3 is 0 Å². The lowest BCUT2D eigenvalue weighted by Crippen LogP contribution is -2.54. The molecule has 3 heteroatoms. The van der Waals surface area contributed by atoms with Crippen molar-refractivity contribution in [1.82, 2.24) is 10.6 Å². The van der Waals surface area contributed by atoms with Crippen molar-refractivity contribution in [2.75, 3.05) is 6.54 Å². The number of benzene rings is 1. The van der Waals surface area contributed by atoms with Crippen molar-refractivity contribution in [3.63, 3.8) is 0 Å². The van der Waals surface area contributed by atoms with Gasteiger partial charge in [-0.25, -0.2) is 0 Å². The molecule has 0 aromatic heterocycles. The smallest absolute Gasteiger partial charge is 0.237 e. The molecule has 0 bridgehead atoms. The molecule has 0 spiro atoms. The Labute approximate surface area is 103 Å². The van der Waals surface area contributed by atoms with Crippen molar-refractivity contribution in [1.29, 1.82) is 0 Å². The Morgan fingerprint density at radius 3 is 2.59 bits per heavy atom. The van der Waals surface area contributed by atoms with Crippen LogP contribution in [-0.4, -0.2) is 18.5 Å². The molecule has 0 radical (unpaired) electrons. The summed E-state index contributed by atoms with van der Waals surface area (Å²) in [6.07, 6.45) is 0.896. The molecule has 1 fully saturated rings. The maximum absolute atomic E-state index is 11.9. The minimum atomic E-state index is -0.0324. The van der Waals surface area contributed by atoms with Crippen LogP contribution in [0.4, 0.5) is 0 Å². The number of hydrogen-bond donors (Lipinski definition) is 2. The molecule has 0 aliphatic carbocycles. The van der Waals surface area contributed by atoms with Crippen molar-refractivity contribution in [2.45, 2.75) is 32.4 Å². The van der Waals surface area contributed by atoms with Gasteiger partial charge in [0.25, 0.3) is 0 Å². The minimum absolute atomic E-state index is 0.0324. The van der Waals surface area contributed by atoms with Crippen molar-refractivity contribution in [3.8, 4) is 0 Å². The number of nitrogens with one attached hydrogen (secondary N) is 2. The molecule has 1 aliphatic heterocycles. The third-order valence-electron chi connectivity index (χ3n) is 3.11. The van der Waals surface area contributed by atoms with E-state index in [0.29, 0.717) is 5.92 Å². The van der Waals surface area contributed by atoms with E-state index < -0.39 is 0 Å². The predicted molar refractivity (Wildman–Crippen MR) is 68.6 cm³/mol. The van der Waals surface area contributed by atoms with Gasteiger partial charge in [-0.15, -0.1) is 0 Å². The maximum atomic E-state index is 11.9. The zero-order valence-electron chi connectivity index (χ0n) is 10.4. The second-order valence-electron chi connectivity index (χ2n) is 5.06. The lowest BCUT2D eigenvalue weighted by atomic mass is 9.98. The Kier molecular flexibility index (Phi) is 3.79. The molecule has 0 saturated carbocycles. The van der Waals surface area contributed by atoms with Gasteiger partial charge in [0.05, 0.1) is 12.1 Å². The molecule has 1 aromatic rings. The first kappa shape index (κ1) is 12.1. The van der Waals surface area contributed by atoms with Gasteiger partial charge in [0.1, 0.15) is 0 Å². The topological polar surface area (TPSA) is 41.1 Å². The van der Waals surface area contributed by atoms with Gasteiger partial charge in [0.2, 0.25) is 5.91 Å². The van der Waals surface area contributed by atoms with E-state index in [1.807, 2.05) is 18.2 Å². The fraction of sp³-hybridized carbons (Fsp3) is 0.500. The summed E-state index contributed by atoms with van der Waals surface area (Å²) >= 11 is 0. The Morgan fingerprint density at radius 2 is 2.00 bits per heavy atom. The Hall–Kier alpha value is -1.35. The van der Waals surface area contributed by atoms with Crippen LogP contribution in [0.15, 0.2) is 30.3 Å². The standard InChI is InChI=1S/C14H20N2O/c1-10(2)8-12-14(17)16-13(9-15-12)11-6-4-3-5-7-11/h3-7,10,12-13,15H,8-9H2,1-2H3,(H,16,17). The first-order valence-corrected chi connectivity index (χ1v) is 6.25. The van der Waals surface area contributed by atoms with Crippen molar-refractivity contribution in [3.05, 3.63) is 35.9 Å². The molecule has 2 rings (SSSR count). The highest BCUT2D eigenvalue weighted by atomic mass is 16.2. The van der Waals surface area contributed by atoms with Gasteiger partial charge in [-0.1, -0.05) is 44.2 Å².